The molecule has 1 aliphatic rings. The molecular weight excluding hydrogens is 240 g/mol. The molecule has 0 aliphatic carbocycles. The summed E-state index contributed by atoms with van der Waals surface area (Å²) in [4.78, 5) is 0. The van der Waals surface area contributed by atoms with E-state index >= 15 is 0 Å². The summed E-state index contributed by atoms with van der Waals surface area (Å²) in [5.41, 5.74) is 0. The summed E-state index contributed by atoms with van der Waals surface area (Å²) in [5.74, 6) is 0.249. The summed E-state index contributed by atoms with van der Waals surface area (Å²) >= 11 is 0. The molecule has 3 heteroatoms. The average molecular weight is 270 g/mol. The number of methoxy groups -OCH3 is 1. The number of hydrogen-bond donors (Lipinski definition) is 1. The van der Waals surface area contributed by atoms with Crippen molar-refractivity contribution in [1.29, 1.82) is 0 Å². The van der Waals surface area contributed by atoms with Crippen LogP contribution in [0, 0.1) is 5.92 Å². The summed E-state index contributed by atoms with van der Waals surface area (Å²) in [6.45, 7) is 4.93. The van der Waals surface area contributed by atoms with Crippen LogP contribution in [0.15, 0.2) is 12.2 Å². The smallest absolute Gasteiger partial charge is 0.110 e. The second kappa shape index (κ2) is 9.51. The molecule has 4 atom stereocenters. The number of aliphatic hydroxyl groups excluding tert-OH is 1. The predicted molar refractivity (Wildman–Crippen MR) is 78.2 cm³/mol. The van der Waals surface area contributed by atoms with E-state index in [9.17, 15) is 5.11 Å². The summed E-state index contributed by atoms with van der Waals surface area (Å²) in [7, 11) is 1.66. The van der Waals surface area contributed by atoms with Gasteiger partial charge in [-0.05, 0) is 12.8 Å². The fraction of sp³-hybridized carbons (Fsp3) is 0.875. The lowest BCUT2D eigenvalue weighted by atomic mass is 9.93. The number of rotatable bonds is 8. The third-order valence-electron chi connectivity index (χ3n) is 3.86. The van der Waals surface area contributed by atoms with Crippen LogP contribution >= 0.6 is 0 Å². The molecule has 0 aromatic carbocycles. The van der Waals surface area contributed by atoms with E-state index in [4.69, 9.17) is 9.47 Å². The molecule has 1 aliphatic heterocycles. The highest BCUT2D eigenvalue weighted by Crippen LogP contribution is 2.23. The highest BCUT2D eigenvalue weighted by Gasteiger charge is 2.35. The largest absolute Gasteiger partial charge is 0.387 e. The van der Waals surface area contributed by atoms with Crippen molar-refractivity contribution in [1.82, 2.24) is 0 Å². The first-order valence-corrected chi connectivity index (χ1v) is 7.69. The molecule has 1 fully saturated rings. The Morgan fingerprint density at radius 1 is 1.26 bits per heavy atom. The second-order valence-electron chi connectivity index (χ2n) is 5.60. The van der Waals surface area contributed by atoms with Gasteiger partial charge < -0.3 is 14.6 Å². The van der Waals surface area contributed by atoms with Crippen LogP contribution in [0.3, 0.4) is 0 Å². The van der Waals surface area contributed by atoms with Crippen molar-refractivity contribution < 1.29 is 14.6 Å². The molecule has 19 heavy (non-hydrogen) atoms. The van der Waals surface area contributed by atoms with Gasteiger partial charge in [-0.2, -0.15) is 0 Å². The first kappa shape index (κ1) is 16.7. The van der Waals surface area contributed by atoms with Gasteiger partial charge in [0.25, 0.3) is 0 Å². The Balaban J connectivity index is 2.24. The van der Waals surface area contributed by atoms with Crippen LogP contribution in [-0.2, 0) is 9.47 Å². The molecule has 1 saturated heterocycles. The zero-order chi connectivity index (χ0) is 14.1. The standard InChI is InChI=1S/C16H30O3/c1-4-5-6-7-8-9-10-11-14-15(17)16(18-3)13(2)12-19-14/h10-11,13-17H,4-9,12H2,1-3H3/b11-10-/t13-,14-,15-,16-/m0/s1. The first-order valence-electron chi connectivity index (χ1n) is 7.69. The third kappa shape index (κ3) is 5.64. The number of aliphatic hydroxyl groups is 1. The molecule has 0 unspecified atom stereocenters. The van der Waals surface area contributed by atoms with Gasteiger partial charge in [-0.3, -0.25) is 0 Å². The van der Waals surface area contributed by atoms with E-state index < -0.39 is 6.10 Å². The van der Waals surface area contributed by atoms with E-state index in [2.05, 4.69) is 13.0 Å². The maximum Gasteiger partial charge on any atom is 0.110 e. The molecular formula is C16H30O3. The zero-order valence-electron chi connectivity index (χ0n) is 12.7. The number of hydrogen-bond acceptors (Lipinski definition) is 3. The van der Waals surface area contributed by atoms with Gasteiger partial charge in [-0.15, -0.1) is 0 Å². The van der Waals surface area contributed by atoms with Crippen LogP contribution in [0.4, 0.5) is 0 Å². The van der Waals surface area contributed by atoms with E-state index in [-0.39, 0.29) is 18.1 Å². The molecule has 1 heterocycles. The Morgan fingerprint density at radius 3 is 2.68 bits per heavy atom. The molecule has 112 valence electrons. The summed E-state index contributed by atoms with van der Waals surface area (Å²) in [5, 5.41) is 10.2. The number of ether oxygens (including phenoxy) is 2. The Hall–Kier alpha value is -0.380. The average Bonchev–Trinajstić information content (AvgIpc) is 2.40. The Labute approximate surface area is 118 Å². The van der Waals surface area contributed by atoms with Gasteiger partial charge in [0.2, 0.25) is 0 Å². The third-order valence-corrected chi connectivity index (χ3v) is 3.86. The van der Waals surface area contributed by atoms with Gasteiger partial charge >= 0.3 is 0 Å². The quantitative estimate of drug-likeness (QED) is 0.543. The Morgan fingerprint density at radius 2 is 2.00 bits per heavy atom. The van der Waals surface area contributed by atoms with Gasteiger partial charge in [-0.25, -0.2) is 0 Å². The fourth-order valence-corrected chi connectivity index (χ4v) is 2.62. The Bertz CT molecular complexity index is 252. The predicted octanol–water partition coefficient (Wildman–Crippen LogP) is 3.31. The molecule has 0 spiro atoms. The van der Waals surface area contributed by atoms with E-state index in [0.717, 1.165) is 6.42 Å². The van der Waals surface area contributed by atoms with Crippen molar-refractivity contribution in [2.45, 2.75) is 70.7 Å². The normalized spacial score (nSPS) is 32.0. The van der Waals surface area contributed by atoms with E-state index in [1.165, 1.54) is 32.1 Å². The van der Waals surface area contributed by atoms with Gasteiger partial charge in [0, 0.05) is 13.0 Å². The first-order chi connectivity index (χ1) is 9.20. The Kier molecular flexibility index (Phi) is 8.35. The monoisotopic (exact) mass is 270 g/mol. The highest BCUT2D eigenvalue weighted by atomic mass is 16.5. The summed E-state index contributed by atoms with van der Waals surface area (Å²) < 4.78 is 11.0. The molecule has 0 saturated carbocycles. The van der Waals surface area contributed by atoms with E-state index in [0.29, 0.717) is 6.61 Å². The molecule has 0 aromatic rings. The molecule has 0 radical (unpaired) electrons. The van der Waals surface area contributed by atoms with Crippen molar-refractivity contribution >= 4 is 0 Å². The van der Waals surface area contributed by atoms with Gasteiger partial charge in [0.1, 0.15) is 12.2 Å². The van der Waals surface area contributed by atoms with Crippen LogP contribution < -0.4 is 0 Å². The summed E-state index contributed by atoms with van der Waals surface area (Å²) in [6, 6.07) is 0. The minimum absolute atomic E-state index is 0.118. The molecule has 0 bridgehead atoms. The van der Waals surface area contributed by atoms with Crippen LogP contribution in [0.25, 0.3) is 0 Å². The number of allylic oxidation sites excluding steroid dienone is 1. The zero-order valence-corrected chi connectivity index (χ0v) is 12.7. The van der Waals surface area contributed by atoms with Crippen molar-refractivity contribution in [3.63, 3.8) is 0 Å². The lowest BCUT2D eigenvalue weighted by Gasteiger charge is -2.36. The topological polar surface area (TPSA) is 38.7 Å². The minimum atomic E-state index is -0.551. The van der Waals surface area contributed by atoms with Gasteiger partial charge in [-0.1, -0.05) is 51.7 Å². The lowest BCUT2D eigenvalue weighted by molar-refractivity contribution is -0.155. The van der Waals surface area contributed by atoms with Crippen molar-refractivity contribution in [2.75, 3.05) is 13.7 Å². The van der Waals surface area contributed by atoms with Gasteiger partial charge in [0.05, 0.1) is 12.7 Å². The van der Waals surface area contributed by atoms with Gasteiger partial charge in [0.15, 0.2) is 0 Å². The molecule has 1 rings (SSSR count). The van der Waals surface area contributed by atoms with Crippen LogP contribution in [0.2, 0.25) is 0 Å². The molecule has 0 amide bonds. The van der Waals surface area contributed by atoms with E-state index in [1.807, 2.05) is 13.0 Å². The molecule has 3 nitrogen and oxygen atoms in total. The van der Waals surface area contributed by atoms with Crippen molar-refractivity contribution in [3.8, 4) is 0 Å². The van der Waals surface area contributed by atoms with E-state index in [1.54, 1.807) is 7.11 Å². The number of unbranched alkanes of at least 4 members (excludes halogenated alkanes) is 5. The second-order valence-corrected chi connectivity index (χ2v) is 5.60. The van der Waals surface area contributed by atoms with Crippen LogP contribution in [-0.4, -0.2) is 37.1 Å². The molecule has 1 N–H and O–H groups in total. The minimum Gasteiger partial charge on any atom is -0.387 e. The maximum atomic E-state index is 10.2. The lowest BCUT2D eigenvalue weighted by Crippen LogP contribution is -2.49. The van der Waals surface area contributed by atoms with Crippen molar-refractivity contribution in [3.05, 3.63) is 12.2 Å². The highest BCUT2D eigenvalue weighted by molar-refractivity contribution is 4.99. The van der Waals surface area contributed by atoms with Crippen LogP contribution in [0.1, 0.15) is 52.4 Å². The fourth-order valence-electron chi connectivity index (χ4n) is 2.62. The summed E-state index contributed by atoms with van der Waals surface area (Å²) in [6.07, 6.45) is 10.8. The maximum absolute atomic E-state index is 10.2. The van der Waals surface area contributed by atoms with Crippen LogP contribution in [0.5, 0.6) is 0 Å². The molecule has 0 aromatic heterocycles. The van der Waals surface area contributed by atoms with Crippen molar-refractivity contribution in [2.24, 2.45) is 5.92 Å². The SMILES string of the molecule is CCCCCCC/C=C\[C@@H]1OC[C@H](C)[C@H](OC)[C@H]1O.